The van der Waals surface area contributed by atoms with Gasteiger partial charge in [-0.2, -0.15) is 0 Å². The number of alkyl carbamates (subject to hydrolysis) is 1. The van der Waals surface area contributed by atoms with Crippen molar-refractivity contribution in [2.75, 3.05) is 13.2 Å². The van der Waals surface area contributed by atoms with Crippen molar-refractivity contribution in [2.45, 2.75) is 39.0 Å². The average molecular weight is 199 g/mol. The summed E-state index contributed by atoms with van der Waals surface area (Å²) in [6.45, 7) is 6.66. The average Bonchev–Trinajstić information content (AvgIpc) is 2.20. The predicted molar refractivity (Wildman–Crippen MR) is 58.3 cm³/mol. The van der Waals surface area contributed by atoms with Crippen LogP contribution in [0.3, 0.4) is 0 Å². The van der Waals surface area contributed by atoms with Gasteiger partial charge < -0.3 is 10.1 Å². The predicted octanol–water partition coefficient (Wildman–Crippen LogP) is 2.87. The van der Waals surface area contributed by atoms with E-state index in [1.54, 1.807) is 6.08 Å². The van der Waals surface area contributed by atoms with Gasteiger partial charge in [0.1, 0.15) is 0 Å². The summed E-state index contributed by atoms with van der Waals surface area (Å²) < 4.78 is 4.93. The summed E-state index contributed by atoms with van der Waals surface area (Å²) in [7, 11) is 0. The number of carbonyl (C=O) groups is 1. The fourth-order valence-electron chi connectivity index (χ4n) is 1.08. The fraction of sp³-hybridized carbons (Fsp3) is 0.727. The summed E-state index contributed by atoms with van der Waals surface area (Å²) in [6.07, 6.45) is 7.12. The topological polar surface area (TPSA) is 38.3 Å². The number of nitrogens with one attached hydrogen (secondary N) is 1. The molecular weight excluding hydrogens is 178 g/mol. The Labute approximate surface area is 86.5 Å². The summed E-state index contributed by atoms with van der Waals surface area (Å²) >= 11 is 0. The smallest absolute Gasteiger partial charge is 0.407 e. The van der Waals surface area contributed by atoms with Crippen LogP contribution >= 0.6 is 0 Å². The van der Waals surface area contributed by atoms with Gasteiger partial charge in [0.15, 0.2) is 0 Å². The number of hydrogen-bond acceptors (Lipinski definition) is 2. The maximum atomic E-state index is 10.9. The van der Waals surface area contributed by atoms with Gasteiger partial charge >= 0.3 is 6.09 Å². The molecule has 0 rings (SSSR count). The molecule has 0 bridgehead atoms. The summed E-state index contributed by atoms with van der Waals surface area (Å²) in [5.41, 5.74) is 0. The van der Waals surface area contributed by atoms with Gasteiger partial charge in [-0.1, -0.05) is 38.7 Å². The van der Waals surface area contributed by atoms with Crippen LogP contribution in [0.2, 0.25) is 0 Å². The van der Waals surface area contributed by atoms with E-state index in [9.17, 15) is 4.79 Å². The summed E-state index contributed by atoms with van der Waals surface area (Å²) in [5, 5.41) is 2.56. The van der Waals surface area contributed by atoms with Crippen LogP contribution in [-0.4, -0.2) is 19.2 Å². The van der Waals surface area contributed by atoms with Gasteiger partial charge in [0.05, 0.1) is 6.61 Å². The van der Waals surface area contributed by atoms with Gasteiger partial charge in [0.25, 0.3) is 0 Å². The molecule has 0 spiro atoms. The SMILES string of the molecule is C=CCNC(=O)OCCCCCCC. The molecule has 0 aromatic carbocycles. The second-order valence-corrected chi connectivity index (χ2v) is 3.22. The fourth-order valence-corrected chi connectivity index (χ4v) is 1.08. The first-order valence-electron chi connectivity index (χ1n) is 5.32. The van der Waals surface area contributed by atoms with Crippen molar-refractivity contribution in [3.63, 3.8) is 0 Å². The molecule has 14 heavy (non-hydrogen) atoms. The Balaban J connectivity index is 3.10. The maximum Gasteiger partial charge on any atom is 0.407 e. The van der Waals surface area contributed by atoms with Gasteiger partial charge in [-0.25, -0.2) is 4.79 Å². The highest BCUT2D eigenvalue weighted by Gasteiger charge is 1.98. The molecule has 0 aliphatic rings. The first-order valence-corrected chi connectivity index (χ1v) is 5.32. The molecule has 1 N–H and O–H groups in total. The number of unbranched alkanes of at least 4 members (excludes halogenated alkanes) is 4. The Kier molecular flexibility index (Phi) is 9.38. The second-order valence-electron chi connectivity index (χ2n) is 3.22. The van der Waals surface area contributed by atoms with Crippen LogP contribution in [0, 0.1) is 0 Å². The van der Waals surface area contributed by atoms with Crippen molar-refractivity contribution in [2.24, 2.45) is 0 Å². The number of rotatable bonds is 8. The number of amides is 1. The number of carbonyl (C=O) groups excluding carboxylic acids is 1. The summed E-state index contributed by atoms with van der Waals surface area (Å²) in [4.78, 5) is 10.9. The Morgan fingerprint density at radius 1 is 1.36 bits per heavy atom. The van der Waals surface area contributed by atoms with E-state index in [0.717, 1.165) is 12.8 Å². The Bertz CT molecular complexity index is 157. The molecule has 0 aliphatic heterocycles. The van der Waals surface area contributed by atoms with E-state index in [-0.39, 0.29) is 6.09 Å². The molecular formula is C11H21NO2. The molecule has 0 saturated heterocycles. The Hall–Kier alpha value is -0.990. The van der Waals surface area contributed by atoms with Crippen LogP contribution in [0.25, 0.3) is 0 Å². The quantitative estimate of drug-likeness (QED) is 0.482. The molecule has 0 atom stereocenters. The zero-order valence-electron chi connectivity index (χ0n) is 9.05. The minimum Gasteiger partial charge on any atom is -0.450 e. The monoisotopic (exact) mass is 199 g/mol. The van der Waals surface area contributed by atoms with Crippen molar-refractivity contribution >= 4 is 6.09 Å². The molecule has 3 nitrogen and oxygen atoms in total. The molecule has 0 radical (unpaired) electrons. The zero-order chi connectivity index (χ0) is 10.6. The molecule has 0 heterocycles. The Morgan fingerprint density at radius 2 is 2.07 bits per heavy atom. The maximum absolute atomic E-state index is 10.9. The van der Waals surface area contributed by atoms with Crippen molar-refractivity contribution in [1.82, 2.24) is 5.32 Å². The lowest BCUT2D eigenvalue weighted by Gasteiger charge is -2.04. The summed E-state index contributed by atoms with van der Waals surface area (Å²) in [5.74, 6) is 0. The minimum absolute atomic E-state index is 0.347. The molecule has 82 valence electrons. The van der Waals surface area contributed by atoms with Crippen molar-refractivity contribution in [3.05, 3.63) is 12.7 Å². The van der Waals surface area contributed by atoms with Gasteiger partial charge in [-0.3, -0.25) is 0 Å². The lowest BCUT2D eigenvalue weighted by Crippen LogP contribution is -2.24. The minimum atomic E-state index is -0.347. The number of ether oxygens (including phenoxy) is 1. The van der Waals surface area contributed by atoms with Gasteiger partial charge in [-0.05, 0) is 6.42 Å². The third-order valence-electron chi connectivity index (χ3n) is 1.87. The Morgan fingerprint density at radius 3 is 2.71 bits per heavy atom. The van der Waals surface area contributed by atoms with Crippen LogP contribution in [0.1, 0.15) is 39.0 Å². The van der Waals surface area contributed by atoms with Crippen LogP contribution in [0.15, 0.2) is 12.7 Å². The van der Waals surface area contributed by atoms with Gasteiger partial charge in [0.2, 0.25) is 0 Å². The lowest BCUT2D eigenvalue weighted by molar-refractivity contribution is 0.145. The van der Waals surface area contributed by atoms with E-state index in [1.165, 1.54) is 19.3 Å². The molecule has 0 aromatic rings. The van der Waals surface area contributed by atoms with E-state index in [4.69, 9.17) is 4.74 Å². The van der Waals surface area contributed by atoms with Gasteiger partial charge in [0, 0.05) is 6.54 Å². The van der Waals surface area contributed by atoms with Crippen LogP contribution < -0.4 is 5.32 Å². The number of hydrogen-bond donors (Lipinski definition) is 1. The largest absolute Gasteiger partial charge is 0.450 e. The van der Waals surface area contributed by atoms with E-state index in [2.05, 4.69) is 18.8 Å². The van der Waals surface area contributed by atoms with E-state index in [1.807, 2.05) is 0 Å². The molecule has 0 unspecified atom stereocenters. The zero-order valence-corrected chi connectivity index (χ0v) is 9.05. The highest BCUT2D eigenvalue weighted by atomic mass is 16.5. The molecule has 0 fully saturated rings. The van der Waals surface area contributed by atoms with E-state index in [0.29, 0.717) is 13.2 Å². The second kappa shape index (κ2) is 10.1. The normalized spacial score (nSPS) is 9.50. The highest BCUT2D eigenvalue weighted by molar-refractivity contribution is 5.67. The third-order valence-corrected chi connectivity index (χ3v) is 1.87. The van der Waals surface area contributed by atoms with Crippen molar-refractivity contribution in [3.8, 4) is 0 Å². The van der Waals surface area contributed by atoms with Crippen LogP contribution in [-0.2, 0) is 4.74 Å². The molecule has 0 aliphatic carbocycles. The first kappa shape index (κ1) is 13.0. The molecule has 3 heteroatoms. The van der Waals surface area contributed by atoms with E-state index >= 15 is 0 Å². The molecule has 0 aromatic heterocycles. The van der Waals surface area contributed by atoms with Gasteiger partial charge in [-0.15, -0.1) is 6.58 Å². The third kappa shape index (κ3) is 9.10. The molecule has 1 amide bonds. The molecule has 0 saturated carbocycles. The van der Waals surface area contributed by atoms with Crippen molar-refractivity contribution < 1.29 is 9.53 Å². The highest BCUT2D eigenvalue weighted by Crippen LogP contribution is 2.02. The van der Waals surface area contributed by atoms with Crippen LogP contribution in [0.5, 0.6) is 0 Å². The van der Waals surface area contributed by atoms with E-state index < -0.39 is 0 Å². The first-order chi connectivity index (χ1) is 6.81. The summed E-state index contributed by atoms with van der Waals surface area (Å²) in [6, 6.07) is 0. The van der Waals surface area contributed by atoms with Crippen LogP contribution in [0.4, 0.5) is 4.79 Å². The lowest BCUT2D eigenvalue weighted by atomic mass is 10.2. The standard InChI is InChI=1S/C11H21NO2/c1-3-5-6-7-8-10-14-11(13)12-9-4-2/h4H,2-3,5-10H2,1H3,(H,12,13). The van der Waals surface area contributed by atoms with Crippen molar-refractivity contribution in [1.29, 1.82) is 0 Å².